The summed E-state index contributed by atoms with van der Waals surface area (Å²) in [4.78, 5) is 11.6. The molecule has 0 saturated carbocycles. The number of aromatic nitrogens is 1. The van der Waals surface area contributed by atoms with Gasteiger partial charge >= 0.3 is 0 Å². The number of hydrogen-bond donors (Lipinski definition) is 1. The van der Waals surface area contributed by atoms with Gasteiger partial charge in [0, 0.05) is 50.7 Å². The average molecular weight is 514 g/mol. The van der Waals surface area contributed by atoms with Gasteiger partial charge in [0.15, 0.2) is 5.96 Å². The SMILES string of the molecule is CCOC1CCN(C(=NC)NCCc2csc(-c3ccc(C)cc3)n2)CC1.I. The first kappa shape index (κ1) is 23.1. The Morgan fingerprint density at radius 1 is 1.29 bits per heavy atom. The lowest BCUT2D eigenvalue weighted by Gasteiger charge is -2.34. The van der Waals surface area contributed by atoms with Gasteiger partial charge in [-0.15, -0.1) is 35.3 Å². The molecule has 3 rings (SSSR count). The minimum Gasteiger partial charge on any atom is -0.378 e. The van der Waals surface area contributed by atoms with Crippen LogP contribution in [0.4, 0.5) is 0 Å². The number of benzene rings is 1. The van der Waals surface area contributed by atoms with Crippen LogP contribution in [0.2, 0.25) is 0 Å². The Morgan fingerprint density at radius 2 is 2.00 bits per heavy atom. The Kier molecular flexibility index (Phi) is 9.67. The number of nitrogens with zero attached hydrogens (tertiary/aromatic N) is 3. The van der Waals surface area contributed by atoms with Crippen LogP contribution in [0, 0.1) is 6.92 Å². The van der Waals surface area contributed by atoms with Crippen molar-refractivity contribution in [2.24, 2.45) is 4.99 Å². The van der Waals surface area contributed by atoms with Gasteiger partial charge in [0.1, 0.15) is 5.01 Å². The van der Waals surface area contributed by atoms with Crippen LogP contribution in [-0.2, 0) is 11.2 Å². The molecule has 0 radical (unpaired) electrons. The van der Waals surface area contributed by atoms with Gasteiger partial charge in [0.2, 0.25) is 0 Å². The third-order valence-electron chi connectivity index (χ3n) is 4.87. The van der Waals surface area contributed by atoms with E-state index in [4.69, 9.17) is 9.72 Å². The zero-order valence-electron chi connectivity index (χ0n) is 17.0. The highest BCUT2D eigenvalue weighted by Gasteiger charge is 2.21. The minimum absolute atomic E-state index is 0. The molecule has 0 atom stereocenters. The van der Waals surface area contributed by atoms with Crippen molar-refractivity contribution in [1.82, 2.24) is 15.2 Å². The number of aliphatic imine (C=N–C) groups is 1. The maximum atomic E-state index is 5.73. The fourth-order valence-electron chi connectivity index (χ4n) is 3.36. The van der Waals surface area contributed by atoms with E-state index in [-0.39, 0.29) is 24.0 Å². The Morgan fingerprint density at radius 3 is 2.64 bits per heavy atom. The number of thiazole rings is 1. The molecular weight excluding hydrogens is 483 g/mol. The molecule has 1 aliphatic heterocycles. The maximum Gasteiger partial charge on any atom is 0.193 e. The van der Waals surface area contributed by atoms with E-state index < -0.39 is 0 Å². The van der Waals surface area contributed by atoms with E-state index >= 15 is 0 Å². The van der Waals surface area contributed by atoms with Crippen molar-refractivity contribution in [3.05, 3.63) is 40.9 Å². The van der Waals surface area contributed by atoms with Crippen molar-refractivity contribution in [2.75, 3.05) is 33.3 Å². The molecule has 5 nitrogen and oxygen atoms in total. The summed E-state index contributed by atoms with van der Waals surface area (Å²) in [6.45, 7) is 7.81. The summed E-state index contributed by atoms with van der Waals surface area (Å²) in [7, 11) is 1.86. The first-order valence-electron chi connectivity index (χ1n) is 9.78. The van der Waals surface area contributed by atoms with Gasteiger partial charge in [-0.05, 0) is 26.7 Å². The first-order valence-corrected chi connectivity index (χ1v) is 10.7. The fraction of sp³-hybridized carbons (Fsp3) is 0.524. The van der Waals surface area contributed by atoms with E-state index in [2.05, 4.69) is 58.7 Å². The predicted octanol–water partition coefficient (Wildman–Crippen LogP) is 4.36. The van der Waals surface area contributed by atoms with Gasteiger partial charge in [-0.3, -0.25) is 4.99 Å². The molecule has 1 aliphatic rings. The van der Waals surface area contributed by atoms with E-state index in [1.54, 1.807) is 11.3 Å². The lowest BCUT2D eigenvalue weighted by Crippen LogP contribution is -2.47. The molecule has 0 aliphatic carbocycles. The van der Waals surface area contributed by atoms with Gasteiger partial charge in [-0.2, -0.15) is 0 Å². The number of nitrogens with one attached hydrogen (secondary N) is 1. The molecule has 1 aromatic heterocycles. The van der Waals surface area contributed by atoms with Crippen LogP contribution >= 0.6 is 35.3 Å². The lowest BCUT2D eigenvalue weighted by atomic mass is 10.1. The Hall–Kier alpha value is -1.19. The standard InChI is InChI=1S/C21H30N4OS.HI/c1-4-26-19-10-13-25(14-11-19)21(22-3)23-12-9-18-15-27-20(24-18)17-7-5-16(2)6-8-17;/h5-8,15,19H,4,9-14H2,1-3H3,(H,22,23);1H. The summed E-state index contributed by atoms with van der Waals surface area (Å²) in [5, 5.41) is 6.74. The van der Waals surface area contributed by atoms with Crippen LogP contribution < -0.4 is 5.32 Å². The zero-order chi connectivity index (χ0) is 19.1. The summed E-state index contributed by atoms with van der Waals surface area (Å²) in [6.07, 6.45) is 3.44. The number of rotatable bonds is 6. The summed E-state index contributed by atoms with van der Waals surface area (Å²) >= 11 is 1.71. The Balaban J connectivity index is 0.00000280. The Labute approximate surface area is 189 Å². The second-order valence-electron chi connectivity index (χ2n) is 6.88. The van der Waals surface area contributed by atoms with E-state index in [1.165, 1.54) is 11.1 Å². The molecule has 0 amide bonds. The number of hydrogen-bond acceptors (Lipinski definition) is 4. The summed E-state index contributed by atoms with van der Waals surface area (Å²) < 4.78 is 5.73. The molecule has 1 N–H and O–H groups in total. The van der Waals surface area contributed by atoms with Crippen molar-refractivity contribution in [1.29, 1.82) is 0 Å². The second-order valence-corrected chi connectivity index (χ2v) is 7.73. The van der Waals surface area contributed by atoms with Crippen molar-refractivity contribution in [3.8, 4) is 10.6 Å². The highest BCUT2D eigenvalue weighted by molar-refractivity contribution is 14.0. The van der Waals surface area contributed by atoms with Crippen LogP contribution in [0.3, 0.4) is 0 Å². The van der Waals surface area contributed by atoms with Crippen molar-refractivity contribution in [2.45, 2.75) is 39.2 Å². The highest BCUT2D eigenvalue weighted by atomic mass is 127. The van der Waals surface area contributed by atoms with Gasteiger partial charge in [-0.1, -0.05) is 29.8 Å². The number of aryl methyl sites for hydroxylation is 1. The molecule has 2 aromatic rings. The van der Waals surface area contributed by atoms with Gasteiger partial charge in [0.05, 0.1) is 11.8 Å². The maximum absolute atomic E-state index is 5.73. The zero-order valence-corrected chi connectivity index (χ0v) is 20.1. The molecule has 28 heavy (non-hydrogen) atoms. The van der Waals surface area contributed by atoms with Crippen LogP contribution in [0.15, 0.2) is 34.6 Å². The second kappa shape index (κ2) is 11.7. The fourth-order valence-corrected chi connectivity index (χ4v) is 4.22. The lowest BCUT2D eigenvalue weighted by molar-refractivity contribution is 0.0264. The number of likely N-dealkylation sites (tertiary alicyclic amines) is 1. The number of ether oxygens (including phenoxy) is 1. The van der Waals surface area contributed by atoms with Crippen molar-refractivity contribution < 1.29 is 4.74 Å². The van der Waals surface area contributed by atoms with Gasteiger partial charge in [-0.25, -0.2) is 4.98 Å². The van der Waals surface area contributed by atoms with E-state index in [0.29, 0.717) is 6.10 Å². The highest BCUT2D eigenvalue weighted by Crippen LogP contribution is 2.24. The molecule has 0 bridgehead atoms. The van der Waals surface area contributed by atoms with Crippen LogP contribution in [0.5, 0.6) is 0 Å². The van der Waals surface area contributed by atoms with Crippen LogP contribution in [0.1, 0.15) is 31.0 Å². The van der Waals surface area contributed by atoms with Gasteiger partial charge < -0.3 is 15.0 Å². The third-order valence-corrected chi connectivity index (χ3v) is 5.81. The number of halogens is 1. The van der Waals surface area contributed by atoms with Crippen LogP contribution in [-0.4, -0.2) is 55.2 Å². The smallest absolute Gasteiger partial charge is 0.193 e. The molecule has 154 valence electrons. The number of piperidine rings is 1. The van der Waals surface area contributed by atoms with Crippen molar-refractivity contribution in [3.63, 3.8) is 0 Å². The molecule has 1 aromatic carbocycles. The Bertz CT molecular complexity index is 739. The third kappa shape index (κ3) is 6.42. The normalized spacial score (nSPS) is 15.4. The molecule has 0 unspecified atom stereocenters. The predicted molar refractivity (Wildman–Crippen MR) is 129 cm³/mol. The first-order chi connectivity index (χ1) is 13.2. The topological polar surface area (TPSA) is 49.8 Å². The molecule has 7 heteroatoms. The molecule has 1 saturated heterocycles. The quantitative estimate of drug-likeness (QED) is 0.354. The van der Waals surface area contributed by atoms with E-state index in [0.717, 1.165) is 62.2 Å². The number of guanidine groups is 1. The van der Waals surface area contributed by atoms with E-state index in [9.17, 15) is 0 Å². The van der Waals surface area contributed by atoms with E-state index in [1.807, 2.05) is 7.05 Å². The molecule has 0 spiro atoms. The van der Waals surface area contributed by atoms with Gasteiger partial charge in [0.25, 0.3) is 0 Å². The summed E-state index contributed by atoms with van der Waals surface area (Å²) in [6, 6.07) is 8.56. The molecule has 1 fully saturated rings. The monoisotopic (exact) mass is 514 g/mol. The average Bonchev–Trinajstić information content (AvgIpc) is 3.16. The molecular formula is C21H31IN4OS. The summed E-state index contributed by atoms with van der Waals surface area (Å²) in [5.74, 6) is 0.985. The van der Waals surface area contributed by atoms with Crippen molar-refractivity contribution >= 4 is 41.3 Å². The van der Waals surface area contributed by atoms with Crippen LogP contribution in [0.25, 0.3) is 10.6 Å². The molecule has 2 heterocycles. The minimum atomic E-state index is 0. The largest absolute Gasteiger partial charge is 0.378 e. The summed E-state index contributed by atoms with van der Waals surface area (Å²) in [5.41, 5.74) is 3.60.